The van der Waals surface area contributed by atoms with Crippen LogP contribution in [0, 0.1) is 0 Å². The van der Waals surface area contributed by atoms with Gasteiger partial charge in [-0.25, -0.2) is 0 Å². The largest absolute Gasteiger partial charge is 0.481 e. The smallest absolute Gasteiger partial charge is 0.308 e. The summed E-state index contributed by atoms with van der Waals surface area (Å²) >= 11 is 0. The van der Waals surface area contributed by atoms with Gasteiger partial charge in [-0.05, 0) is 23.7 Å². The molecule has 1 N–H and O–H groups in total. The minimum absolute atomic E-state index is 0.312. The molecule has 0 rings (SSSR count). The average molecular weight is 346 g/mol. The normalized spacial score (nSPS) is 12.4. The average Bonchev–Trinajstić information content (AvgIpc) is 2.53. The topological polar surface area (TPSA) is 37.3 Å². The molecule has 0 aliphatic heterocycles. The summed E-state index contributed by atoms with van der Waals surface area (Å²) in [6.45, 7) is 2.28. The summed E-state index contributed by atoms with van der Waals surface area (Å²) in [5, 5.41) is 8.66. The van der Waals surface area contributed by atoms with E-state index in [2.05, 4.69) is 13.2 Å². The Morgan fingerprint density at radius 2 is 1.09 bits per heavy atom. The van der Waals surface area contributed by atoms with Gasteiger partial charge < -0.3 is 5.11 Å². The van der Waals surface area contributed by atoms with Crippen molar-refractivity contribution in [1.82, 2.24) is 0 Å². The third-order valence-electron chi connectivity index (χ3n) is 4.51. The second kappa shape index (κ2) is 18.2. The Kier molecular flexibility index (Phi) is 18.0. The summed E-state index contributed by atoms with van der Waals surface area (Å²) in [5.74, 6) is 1.45. The highest BCUT2D eigenvalue weighted by atomic mass is 32.2. The first-order valence-electron chi connectivity index (χ1n) is 9.97. The number of carbonyl (C=O) groups is 1. The number of hydrogen-bond donors (Lipinski definition) is 1. The van der Waals surface area contributed by atoms with E-state index >= 15 is 0 Å². The van der Waals surface area contributed by atoms with Crippen molar-refractivity contribution in [2.24, 2.45) is 0 Å². The number of aliphatic carboxylic acids is 1. The van der Waals surface area contributed by atoms with Gasteiger partial charge in [0.1, 0.15) is 11.5 Å². The Balaban J connectivity index is 3.09. The van der Waals surface area contributed by atoms with Gasteiger partial charge in [-0.15, -0.1) is 0 Å². The molecule has 0 fully saturated rings. The molecule has 0 aromatic carbocycles. The summed E-state index contributed by atoms with van der Waals surface area (Å²) in [6, 6.07) is 0. The molecule has 0 saturated heterocycles. The minimum atomic E-state index is -0.648. The quantitative estimate of drug-likeness (QED) is 0.237. The fraction of sp³-hybridized carbons (Fsp3) is 0.950. The molecule has 138 valence electrons. The Hall–Kier alpha value is -0.180. The zero-order valence-corrected chi connectivity index (χ0v) is 16.6. The molecule has 0 amide bonds. The molecule has 0 aromatic rings. The van der Waals surface area contributed by atoms with Crippen LogP contribution in [-0.2, 0) is 15.7 Å². The predicted molar refractivity (Wildman–Crippen MR) is 106 cm³/mol. The van der Waals surface area contributed by atoms with Crippen molar-refractivity contribution in [3.05, 3.63) is 0 Å². The van der Waals surface area contributed by atoms with Crippen molar-refractivity contribution in [3.63, 3.8) is 0 Å². The Bertz CT molecular complexity index is 256. The van der Waals surface area contributed by atoms with Crippen molar-refractivity contribution in [3.8, 4) is 0 Å². The number of hydrogen-bond acceptors (Lipinski definition) is 1. The van der Waals surface area contributed by atoms with Crippen molar-refractivity contribution in [2.75, 3.05) is 17.8 Å². The maximum atomic E-state index is 10.5. The number of carboxylic acids is 1. The molecule has 0 saturated carbocycles. The van der Waals surface area contributed by atoms with E-state index in [0.29, 0.717) is 17.3 Å². The second-order valence-corrected chi connectivity index (χ2v) is 9.31. The molecule has 3 heteroatoms. The summed E-state index contributed by atoms with van der Waals surface area (Å²) in [6.07, 6.45) is 22.2. The van der Waals surface area contributed by atoms with Crippen LogP contribution in [0.25, 0.3) is 0 Å². The third kappa shape index (κ3) is 19.8. The van der Waals surface area contributed by atoms with E-state index < -0.39 is 5.97 Å². The fourth-order valence-corrected chi connectivity index (χ4v) is 4.33. The van der Waals surface area contributed by atoms with Crippen LogP contribution in [0.5, 0.6) is 0 Å². The monoisotopic (exact) mass is 345 g/mol. The minimum Gasteiger partial charge on any atom is -0.481 e. The zero-order chi connectivity index (χ0) is 17.2. The highest BCUT2D eigenvalue weighted by Crippen LogP contribution is 2.13. The lowest BCUT2D eigenvalue weighted by atomic mass is 10.0. The summed E-state index contributed by atoms with van der Waals surface area (Å²) < 4.78 is 0. The number of carboxylic acid groups (broad SMARTS) is 1. The molecule has 1 unspecified atom stereocenters. The Morgan fingerprint density at radius 1 is 0.696 bits per heavy atom. The van der Waals surface area contributed by atoms with Gasteiger partial charge in [0.15, 0.2) is 0 Å². The number of unbranched alkanes of at least 4 members (excludes halogenated alkanes) is 13. The molecule has 2 nitrogen and oxygen atoms in total. The van der Waals surface area contributed by atoms with Crippen molar-refractivity contribution < 1.29 is 9.90 Å². The van der Waals surface area contributed by atoms with Gasteiger partial charge in [0.25, 0.3) is 0 Å². The first-order chi connectivity index (χ1) is 11.2. The van der Waals surface area contributed by atoms with Gasteiger partial charge in [0, 0.05) is 0 Å². The molecular weight excluding hydrogens is 304 g/mol. The first kappa shape index (κ1) is 22.8. The van der Waals surface area contributed by atoms with Crippen molar-refractivity contribution in [1.29, 1.82) is 0 Å². The highest BCUT2D eigenvalue weighted by molar-refractivity contribution is 7.96. The van der Waals surface area contributed by atoms with E-state index in [9.17, 15) is 4.79 Å². The van der Waals surface area contributed by atoms with Gasteiger partial charge in [0.05, 0.1) is 12.7 Å². The van der Waals surface area contributed by atoms with Gasteiger partial charge in [0.2, 0.25) is 0 Å². The van der Waals surface area contributed by atoms with Gasteiger partial charge >= 0.3 is 5.97 Å². The van der Waals surface area contributed by atoms with Crippen molar-refractivity contribution >= 4 is 16.9 Å². The molecule has 23 heavy (non-hydrogen) atoms. The van der Waals surface area contributed by atoms with E-state index in [1.54, 1.807) is 0 Å². The molecule has 0 bridgehead atoms. The van der Waals surface area contributed by atoms with Crippen LogP contribution in [0.2, 0.25) is 0 Å². The van der Waals surface area contributed by atoms with Crippen LogP contribution >= 0.6 is 0 Å². The van der Waals surface area contributed by atoms with Gasteiger partial charge in [-0.2, -0.15) is 0 Å². The lowest BCUT2D eigenvalue weighted by Gasteiger charge is -2.04. The highest BCUT2D eigenvalue weighted by Gasteiger charge is 2.12. The summed E-state index contributed by atoms with van der Waals surface area (Å²) in [4.78, 5) is 10.5. The summed E-state index contributed by atoms with van der Waals surface area (Å²) in [5.41, 5.74) is 0. The van der Waals surface area contributed by atoms with Crippen LogP contribution < -0.4 is 0 Å². The first-order valence-corrected chi connectivity index (χ1v) is 11.9. The van der Waals surface area contributed by atoms with E-state index in [0.717, 1.165) is 5.75 Å². The van der Waals surface area contributed by atoms with E-state index in [4.69, 9.17) is 5.11 Å². The standard InChI is InChI=1S/C20H40O2S/c1-3-4-5-6-7-8-9-10-11-12-13-14-15-16-18-23(2)19-17-20(21)22/h3-19H2,1-2H3/p+1. The molecule has 0 radical (unpaired) electrons. The third-order valence-corrected chi connectivity index (χ3v) is 6.40. The maximum absolute atomic E-state index is 10.5. The predicted octanol–water partition coefficient (Wildman–Crippen LogP) is 6.19. The van der Waals surface area contributed by atoms with E-state index in [1.807, 2.05) is 0 Å². The fourth-order valence-electron chi connectivity index (χ4n) is 2.91. The molecule has 0 heterocycles. The molecule has 1 atom stereocenters. The van der Waals surface area contributed by atoms with Gasteiger partial charge in [-0.3, -0.25) is 4.79 Å². The zero-order valence-electron chi connectivity index (χ0n) is 15.8. The van der Waals surface area contributed by atoms with Crippen LogP contribution in [0.15, 0.2) is 0 Å². The summed E-state index contributed by atoms with van der Waals surface area (Å²) in [7, 11) is 0.312. The van der Waals surface area contributed by atoms with Crippen molar-refractivity contribution in [2.45, 2.75) is 103 Å². The van der Waals surface area contributed by atoms with Crippen LogP contribution in [0.3, 0.4) is 0 Å². The molecule has 0 aliphatic rings. The Labute approximate surface area is 148 Å². The molecule has 0 spiro atoms. The Morgan fingerprint density at radius 3 is 1.48 bits per heavy atom. The van der Waals surface area contributed by atoms with E-state index in [-0.39, 0.29) is 0 Å². The molecular formula is C20H41O2S+. The lowest BCUT2D eigenvalue weighted by molar-refractivity contribution is -0.136. The molecule has 0 aliphatic carbocycles. The SMILES string of the molecule is CCCCCCCCCCCCCCCC[S+](C)CCC(=O)O. The number of rotatable bonds is 18. The van der Waals surface area contributed by atoms with Crippen LogP contribution in [-0.4, -0.2) is 28.8 Å². The second-order valence-electron chi connectivity index (χ2n) is 6.93. The van der Waals surface area contributed by atoms with Gasteiger partial charge in [-0.1, -0.05) is 84.0 Å². The van der Waals surface area contributed by atoms with E-state index in [1.165, 1.54) is 95.6 Å². The maximum Gasteiger partial charge on any atom is 0.308 e. The lowest BCUT2D eigenvalue weighted by Crippen LogP contribution is -2.13. The van der Waals surface area contributed by atoms with Crippen LogP contribution in [0.4, 0.5) is 0 Å². The molecule has 0 aromatic heterocycles. The van der Waals surface area contributed by atoms with Crippen LogP contribution in [0.1, 0.15) is 103 Å².